The fraction of sp³-hybridized carbons (Fsp3) is 0.250. The van der Waals surface area contributed by atoms with E-state index in [4.69, 9.17) is 0 Å². The minimum absolute atomic E-state index is 0.209. The first-order valence-electron chi connectivity index (χ1n) is 6.96. The van der Waals surface area contributed by atoms with Crippen molar-refractivity contribution in [2.24, 2.45) is 0 Å². The van der Waals surface area contributed by atoms with Gasteiger partial charge in [0.2, 0.25) is 0 Å². The first-order valence-corrected chi connectivity index (χ1v) is 6.96. The van der Waals surface area contributed by atoms with E-state index in [0.29, 0.717) is 23.6 Å². The van der Waals surface area contributed by atoms with Crippen molar-refractivity contribution in [2.75, 3.05) is 32.5 Å². The number of hydrogen-bond donors (Lipinski definition) is 2. The molecule has 0 saturated carbocycles. The quantitative estimate of drug-likeness (QED) is 0.859. The van der Waals surface area contributed by atoms with E-state index in [2.05, 4.69) is 15.6 Å². The molecule has 5 nitrogen and oxygen atoms in total. The van der Waals surface area contributed by atoms with Gasteiger partial charge in [0.1, 0.15) is 11.5 Å². The number of pyridine rings is 1. The number of nitrogens with zero attached hydrogens (tertiary/aromatic N) is 2. The van der Waals surface area contributed by atoms with Gasteiger partial charge in [-0.1, -0.05) is 6.07 Å². The van der Waals surface area contributed by atoms with Gasteiger partial charge in [-0.3, -0.25) is 4.79 Å². The number of benzene rings is 1. The number of likely N-dealkylation sites (N-methyl/N-ethyl adjacent to an activating group) is 1. The van der Waals surface area contributed by atoms with E-state index < -0.39 is 0 Å². The van der Waals surface area contributed by atoms with Crippen LogP contribution in [-0.4, -0.2) is 43.0 Å². The smallest absolute Gasteiger partial charge is 0.269 e. The van der Waals surface area contributed by atoms with Crippen LogP contribution in [0.3, 0.4) is 0 Å². The summed E-state index contributed by atoms with van der Waals surface area (Å²) in [5.74, 6) is -0.519. The predicted molar refractivity (Wildman–Crippen MR) is 84.8 cm³/mol. The van der Waals surface area contributed by atoms with Crippen LogP contribution in [0.15, 0.2) is 42.6 Å². The molecule has 1 aromatic carbocycles. The zero-order valence-electron chi connectivity index (χ0n) is 12.6. The van der Waals surface area contributed by atoms with Gasteiger partial charge in [-0.25, -0.2) is 9.37 Å². The Morgan fingerprint density at radius 1 is 1.23 bits per heavy atom. The van der Waals surface area contributed by atoms with E-state index in [1.54, 1.807) is 30.5 Å². The molecule has 6 heteroatoms. The van der Waals surface area contributed by atoms with E-state index >= 15 is 0 Å². The fourth-order valence-corrected chi connectivity index (χ4v) is 1.82. The largest absolute Gasteiger partial charge is 0.354 e. The molecule has 0 aliphatic heterocycles. The predicted octanol–water partition coefficient (Wildman–Crippen LogP) is 2.26. The summed E-state index contributed by atoms with van der Waals surface area (Å²) in [5, 5.41) is 5.82. The third-order valence-electron chi connectivity index (χ3n) is 2.95. The summed E-state index contributed by atoms with van der Waals surface area (Å²) in [6, 6.07) is 9.51. The van der Waals surface area contributed by atoms with Gasteiger partial charge in [0, 0.05) is 18.8 Å². The maximum absolute atomic E-state index is 13.1. The van der Waals surface area contributed by atoms with Gasteiger partial charge in [0.25, 0.3) is 5.91 Å². The van der Waals surface area contributed by atoms with Crippen molar-refractivity contribution >= 4 is 17.3 Å². The van der Waals surface area contributed by atoms with Crippen molar-refractivity contribution in [2.45, 2.75) is 0 Å². The van der Waals surface area contributed by atoms with Gasteiger partial charge in [0.05, 0.1) is 11.9 Å². The Kier molecular flexibility index (Phi) is 5.43. The standard InChI is InChI=1S/C16H19FN4O/c1-21(2)9-8-18-16(22)15-7-6-14(11-19-15)20-13-5-3-4-12(17)10-13/h3-7,10-11,20H,8-9H2,1-2H3,(H,18,22). The number of nitrogens with one attached hydrogen (secondary N) is 2. The van der Waals surface area contributed by atoms with E-state index in [1.165, 1.54) is 12.1 Å². The number of anilines is 2. The minimum Gasteiger partial charge on any atom is -0.354 e. The summed E-state index contributed by atoms with van der Waals surface area (Å²) in [5.41, 5.74) is 1.67. The molecule has 0 bridgehead atoms. The summed E-state index contributed by atoms with van der Waals surface area (Å²) in [7, 11) is 3.88. The maximum atomic E-state index is 13.1. The van der Waals surface area contributed by atoms with Crippen LogP contribution in [0.25, 0.3) is 0 Å². The Labute approximate surface area is 129 Å². The Morgan fingerprint density at radius 2 is 2.05 bits per heavy atom. The molecule has 1 aromatic heterocycles. The number of hydrogen-bond acceptors (Lipinski definition) is 4. The van der Waals surface area contributed by atoms with Crippen LogP contribution in [0.4, 0.5) is 15.8 Å². The summed E-state index contributed by atoms with van der Waals surface area (Å²) in [6.07, 6.45) is 1.55. The summed E-state index contributed by atoms with van der Waals surface area (Å²) >= 11 is 0. The molecule has 0 radical (unpaired) electrons. The highest BCUT2D eigenvalue weighted by molar-refractivity contribution is 5.92. The van der Waals surface area contributed by atoms with Crippen molar-refractivity contribution < 1.29 is 9.18 Å². The lowest BCUT2D eigenvalue weighted by Gasteiger charge is -2.10. The lowest BCUT2D eigenvalue weighted by Crippen LogP contribution is -2.31. The molecule has 22 heavy (non-hydrogen) atoms. The molecule has 0 aliphatic rings. The molecule has 0 fully saturated rings. The van der Waals surface area contributed by atoms with Crippen LogP contribution in [0, 0.1) is 5.82 Å². The number of aromatic nitrogens is 1. The van der Waals surface area contributed by atoms with E-state index in [1.807, 2.05) is 19.0 Å². The third kappa shape index (κ3) is 4.82. The second-order valence-corrected chi connectivity index (χ2v) is 5.13. The molecular weight excluding hydrogens is 283 g/mol. The van der Waals surface area contributed by atoms with Crippen LogP contribution in [0.5, 0.6) is 0 Å². The molecule has 0 unspecified atom stereocenters. The lowest BCUT2D eigenvalue weighted by atomic mass is 10.2. The van der Waals surface area contributed by atoms with Gasteiger partial charge >= 0.3 is 0 Å². The van der Waals surface area contributed by atoms with Gasteiger partial charge in [-0.15, -0.1) is 0 Å². The molecule has 0 spiro atoms. The molecular formula is C16H19FN4O. The minimum atomic E-state index is -0.310. The first kappa shape index (κ1) is 15.9. The van der Waals surface area contributed by atoms with Crippen LogP contribution < -0.4 is 10.6 Å². The van der Waals surface area contributed by atoms with E-state index in [9.17, 15) is 9.18 Å². The number of rotatable bonds is 6. The molecule has 1 heterocycles. The molecule has 2 rings (SSSR count). The average Bonchev–Trinajstić information content (AvgIpc) is 2.47. The molecule has 2 aromatic rings. The molecule has 116 valence electrons. The van der Waals surface area contributed by atoms with Crippen LogP contribution in [0.1, 0.15) is 10.5 Å². The van der Waals surface area contributed by atoms with Crippen molar-refractivity contribution in [3.63, 3.8) is 0 Å². The second-order valence-electron chi connectivity index (χ2n) is 5.13. The van der Waals surface area contributed by atoms with Gasteiger partial charge in [0.15, 0.2) is 0 Å². The highest BCUT2D eigenvalue weighted by Crippen LogP contribution is 2.16. The Bertz CT molecular complexity index is 628. The fourth-order valence-electron chi connectivity index (χ4n) is 1.82. The SMILES string of the molecule is CN(C)CCNC(=O)c1ccc(Nc2cccc(F)c2)cn1. The van der Waals surface area contributed by atoms with Crippen molar-refractivity contribution in [1.82, 2.24) is 15.2 Å². The number of carbonyl (C=O) groups excluding carboxylic acids is 1. The molecule has 0 atom stereocenters. The van der Waals surface area contributed by atoms with Crippen LogP contribution in [0.2, 0.25) is 0 Å². The van der Waals surface area contributed by atoms with Crippen molar-refractivity contribution in [3.05, 3.63) is 54.1 Å². The topological polar surface area (TPSA) is 57.3 Å². The molecule has 1 amide bonds. The van der Waals surface area contributed by atoms with Crippen LogP contribution in [-0.2, 0) is 0 Å². The third-order valence-corrected chi connectivity index (χ3v) is 2.95. The highest BCUT2D eigenvalue weighted by Gasteiger charge is 2.06. The summed E-state index contributed by atoms with van der Waals surface area (Å²) in [6.45, 7) is 1.34. The van der Waals surface area contributed by atoms with E-state index in [0.717, 1.165) is 6.54 Å². The molecule has 0 saturated heterocycles. The molecule has 2 N–H and O–H groups in total. The van der Waals surface area contributed by atoms with Crippen molar-refractivity contribution in [3.8, 4) is 0 Å². The molecule has 0 aliphatic carbocycles. The van der Waals surface area contributed by atoms with Crippen molar-refractivity contribution in [1.29, 1.82) is 0 Å². The first-order chi connectivity index (χ1) is 10.5. The normalized spacial score (nSPS) is 10.5. The average molecular weight is 302 g/mol. The zero-order valence-corrected chi connectivity index (χ0v) is 12.6. The zero-order chi connectivity index (χ0) is 15.9. The Hall–Kier alpha value is -2.47. The number of halogens is 1. The number of amides is 1. The summed E-state index contributed by atoms with van der Waals surface area (Å²) in [4.78, 5) is 18.0. The van der Waals surface area contributed by atoms with Gasteiger partial charge in [-0.05, 0) is 44.4 Å². The lowest BCUT2D eigenvalue weighted by molar-refractivity contribution is 0.0946. The van der Waals surface area contributed by atoms with Gasteiger partial charge in [-0.2, -0.15) is 0 Å². The summed E-state index contributed by atoms with van der Waals surface area (Å²) < 4.78 is 13.1. The Morgan fingerprint density at radius 3 is 2.68 bits per heavy atom. The van der Waals surface area contributed by atoms with Gasteiger partial charge < -0.3 is 15.5 Å². The Balaban J connectivity index is 1.93. The number of carbonyl (C=O) groups is 1. The highest BCUT2D eigenvalue weighted by atomic mass is 19.1. The monoisotopic (exact) mass is 302 g/mol. The maximum Gasteiger partial charge on any atom is 0.269 e. The van der Waals surface area contributed by atoms with E-state index in [-0.39, 0.29) is 11.7 Å². The van der Waals surface area contributed by atoms with Crippen LogP contribution >= 0.6 is 0 Å². The second kappa shape index (κ2) is 7.51.